The molecule has 1 amide bonds. The molecule has 1 aliphatic heterocycles. The van der Waals surface area contributed by atoms with Gasteiger partial charge in [0.1, 0.15) is 0 Å². The highest BCUT2D eigenvalue weighted by atomic mass is 32.2. The summed E-state index contributed by atoms with van der Waals surface area (Å²) < 4.78 is 1.66. The second kappa shape index (κ2) is 5.99. The van der Waals surface area contributed by atoms with Crippen molar-refractivity contribution in [2.45, 2.75) is 57.3 Å². The zero-order valence-corrected chi connectivity index (χ0v) is 13.2. The molecule has 1 aromatic rings. The Balaban J connectivity index is 2.21. The molecule has 0 saturated carbocycles. The molecule has 2 heterocycles. The molecule has 6 heteroatoms. The molecule has 0 fully saturated rings. The van der Waals surface area contributed by atoms with Crippen molar-refractivity contribution in [3.8, 4) is 0 Å². The van der Waals surface area contributed by atoms with Crippen molar-refractivity contribution < 1.29 is 4.79 Å². The Morgan fingerprint density at radius 2 is 2.20 bits per heavy atom. The highest BCUT2D eigenvalue weighted by Crippen LogP contribution is 2.32. The van der Waals surface area contributed by atoms with Crippen molar-refractivity contribution in [3.05, 3.63) is 22.1 Å². The molecule has 5 nitrogen and oxygen atoms in total. The maximum atomic E-state index is 12.2. The molecule has 0 aliphatic carbocycles. The number of aromatic nitrogens is 2. The van der Waals surface area contributed by atoms with Gasteiger partial charge in [0.15, 0.2) is 5.16 Å². The Bertz CT molecular complexity index is 566. The average Bonchev–Trinajstić information content (AvgIpc) is 2.71. The van der Waals surface area contributed by atoms with E-state index in [1.165, 1.54) is 0 Å². The maximum Gasteiger partial charge on any atom is 0.254 e. The van der Waals surface area contributed by atoms with Crippen molar-refractivity contribution in [1.82, 2.24) is 14.9 Å². The van der Waals surface area contributed by atoms with E-state index < -0.39 is 0 Å². The summed E-state index contributed by atoms with van der Waals surface area (Å²) in [7, 11) is 0. The van der Waals surface area contributed by atoms with Crippen LogP contribution in [0.2, 0.25) is 0 Å². The van der Waals surface area contributed by atoms with Gasteiger partial charge >= 0.3 is 0 Å². The number of amides is 1. The van der Waals surface area contributed by atoms with Gasteiger partial charge in [0, 0.05) is 24.3 Å². The van der Waals surface area contributed by atoms with Crippen LogP contribution in [0, 0.1) is 0 Å². The van der Waals surface area contributed by atoms with Crippen LogP contribution >= 0.6 is 11.8 Å². The number of rotatable bonds is 4. The maximum absolute atomic E-state index is 12.2. The summed E-state index contributed by atoms with van der Waals surface area (Å²) >= 11 is 1.55. The smallest absolute Gasteiger partial charge is 0.254 e. The molecular weight excluding hydrogens is 274 g/mol. The minimum atomic E-state index is -0.0880. The Kier molecular flexibility index (Phi) is 4.52. The molecule has 2 rings (SSSR count). The molecule has 0 radical (unpaired) electrons. The highest BCUT2D eigenvalue weighted by molar-refractivity contribution is 7.99. The number of fused-ring (bicyclic) bond motifs is 1. The Morgan fingerprint density at radius 3 is 2.80 bits per heavy atom. The summed E-state index contributed by atoms with van der Waals surface area (Å²) in [6.07, 6.45) is 0.334. The predicted molar refractivity (Wildman–Crippen MR) is 80.2 cm³/mol. The normalized spacial score (nSPS) is 17.6. The lowest BCUT2D eigenvalue weighted by Crippen LogP contribution is -2.34. The first-order valence-electron chi connectivity index (χ1n) is 6.94. The Morgan fingerprint density at radius 1 is 1.50 bits per heavy atom. The predicted octanol–water partition coefficient (Wildman–Crippen LogP) is 1.93. The summed E-state index contributed by atoms with van der Waals surface area (Å²) in [6, 6.07) is 1.62. The van der Waals surface area contributed by atoms with Crippen LogP contribution in [0.3, 0.4) is 0 Å². The number of nitrogens with zero attached hydrogens (tertiary/aromatic N) is 2. The van der Waals surface area contributed by atoms with E-state index in [-0.39, 0.29) is 29.5 Å². The van der Waals surface area contributed by atoms with Gasteiger partial charge in [-0.3, -0.25) is 14.2 Å². The minimum Gasteiger partial charge on any atom is -0.354 e. The number of nitrogens with one attached hydrogen (secondary N) is 1. The minimum absolute atomic E-state index is 0.0155. The van der Waals surface area contributed by atoms with Crippen LogP contribution in [0.25, 0.3) is 0 Å². The van der Waals surface area contributed by atoms with E-state index in [0.717, 1.165) is 16.6 Å². The first kappa shape index (κ1) is 15.1. The first-order chi connectivity index (χ1) is 9.38. The third-order valence-corrected chi connectivity index (χ3v) is 4.27. The zero-order valence-electron chi connectivity index (χ0n) is 12.3. The largest absolute Gasteiger partial charge is 0.354 e. The van der Waals surface area contributed by atoms with Crippen LogP contribution in [-0.4, -0.2) is 27.3 Å². The van der Waals surface area contributed by atoms with Crippen molar-refractivity contribution in [2.24, 2.45) is 0 Å². The number of carbonyl (C=O) groups excluding carboxylic acids is 1. The topological polar surface area (TPSA) is 64.0 Å². The van der Waals surface area contributed by atoms with Crippen molar-refractivity contribution in [1.29, 1.82) is 0 Å². The summed E-state index contributed by atoms with van der Waals surface area (Å²) in [6.45, 7) is 7.90. The van der Waals surface area contributed by atoms with Crippen LogP contribution in [0.5, 0.6) is 0 Å². The van der Waals surface area contributed by atoms with E-state index in [2.05, 4.69) is 10.3 Å². The standard InChI is InChI=1S/C14H21N3O2S/c1-8(2)11-6-13(19)17-10(7-20-14(17)16-11)5-12(18)15-9(3)4/h6,8-10H,5,7H2,1-4H3,(H,15,18). The molecule has 110 valence electrons. The highest BCUT2D eigenvalue weighted by Gasteiger charge is 2.28. The fourth-order valence-electron chi connectivity index (χ4n) is 2.21. The average molecular weight is 295 g/mol. The van der Waals surface area contributed by atoms with Gasteiger partial charge in [-0.15, -0.1) is 0 Å². The second-order valence-electron chi connectivity index (χ2n) is 5.72. The van der Waals surface area contributed by atoms with Crippen molar-refractivity contribution in [2.75, 3.05) is 5.75 Å². The van der Waals surface area contributed by atoms with E-state index in [1.807, 2.05) is 27.7 Å². The van der Waals surface area contributed by atoms with Gasteiger partial charge in [-0.2, -0.15) is 0 Å². The number of hydrogen-bond acceptors (Lipinski definition) is 4. The van der Waals surface area contributed by atoms with Crippen LogP contribution in [-0.2, 0) is 4.79 Å². The molecule has 0 aromatic carbocycles. The third kappa shape index (κ3) is 3.23. The van der Waals surface area contributed by atoms with Gasteiger partial charge in [0.25, 0.3) is 5.56 Å². The lowest BCUT2D eigenvalue weighted by atomic mass is 10.1. The monoisotopic (exact) mass is 295 g/mol. The van der Waals surface area contributed by atoms with E-state index in [1.54, 1.807) is 22.4 Å². The Hall–Kier alpha value is -1.30. The van der Waals surface area contributed by atoms with Gasteiger partial charge in [-0.25, -0.2) is 4.98 Å². The summed E-state index contributed by atoms with van der Waals surface area (Å²) in [4.78, 5) is 28.6. The molecule has 1 aliphatic rings. The zero-order chi connectivity index (χ0) is 14.9. The fraction of sp³-hybridized carbons (Fsp3) is 0.643. The molecular formula is C14H21N3O2S. The van der Waals surface area contributed by atoms with Crippen LogP contribution in [0.15, 0.2) is 16.0 Å². The lowest BCUT2D eigenvalue weighted by Gasteiger charge is -2.15. The van der Waals surface area contributed by atoms with E-state index in [9.17, 15) is 9.59 Å². The number of hydrogen-bond donors (Lipinski definition) is 1. The SMILES string of the molecule is CC(C)NC(=O)CC1CSc2nc(C(C)C)cc(=O)n21. The number of thioether (sulfide) groups is 1. The van der Waals surface area contributed by atoms with Crippen molar-refractivity contribution >= 4 is 17.7 Å². The first-order valence-corrected chi connectivity index (χ1v) is 7.92. The molecule has 1 aromatic heterocycles. The van der Waals surface area contributed by atoms with E-state index >= 15 is 0 Å². The van der Waals surface area contributed by atoms with E-state index in [0.29, 0.717) is 6.42 Å². The van der Waals surface area contributed by atoms with Gasteiger partial charge in [-0.05, 0) is 19.8 Å². The lowest BCUT2D eigenvalue weighted by molar-refractivity contribution is -0.122. The molecule has 20 heavy (non-hydrogen) atoms. The van der Waals surface area contributed by atoms with Crippen LogP contribution in [0.4, 0.5) is 0 Å². The third-order valence-electron chi connectivity index (χ3n) is 3.17. The quantitative estimate of drug-likeness (QED) is 0.862. The van der Waals surface area contributed by atoms with Crippen LogP contribution < -0.4 is 10.9 Å². The molecule has 0 bridgehead atoms. The van der Waals surface area contributed by atoms with E-state index in [4.69, 9.17) is 0 Å². The molecule has 0 spiro atoms. The summed E-state index contributed by atoms with van der Waals surface area (Å²) in [5, 5.41) is 3.60. The van der Waals surface area contributed by atoms with Gasteiger partial charge in [0.05, 0.1) is 11.7 Å². The summed E-state index contributed by atoms with van der Waals surface area (Å²) in [5.74, 6) is 0.950. The molecule has 1 atom stereocenters. The van der Waals surface area contributed by atoms with Gasteiger partial charge in [0.2, 0.25) is 5.91 Å². The van der Waals surface area contributed by atoms with Gasteiger partial charge in [-0.1, -0.05) is 25.6 Å². The van der Waals surface area contributed by atoms with Gasteiger partial charge < -0.3 is 5.32 Å². The molecule has 1 unspecified atom stereocenters. The van der Waals surface area contributed by atoms with Crippen molar-refractivity contribution in [3.63, 3.8) is 0 Å². The van der Waals surface area contributed by atoms with Crippen LogP contribution in [0.1, 0.15) is 51.8 Å². The fourth-order valence-corrected chi connectivity index (χ4v) is 3.37. The Labute approximate surface area is 123 Å². The number of carbonyl (C=O) groups is 1. The summed E-state index contributed by atoms with van der Waals surface area (Å²) in [5.41, 5.74) is 0.770. The molecule has 0 saturated heterocycles. The molecule has 1 N–H and O–H groups in total. The second-order valence-corrected chi connectivity index (χ2v) is 6.70.